The summed E-state index contributed by atoms with van der Waals surface area (Å²) in [5.41, 5.74) is -0.635. The number of benzene rings is 1. The molecule has 0 fully saturated rings. The van der Waals surface area contributed by atoms with Crippen molar-refractivity contribution in [1.82, 2.24) is 5.32 Å². The van der Waals surface area contributed by atoms with E-state index in [4.69, 9.17) is 23.2 Å². The summed E-state index contributed by atoms with van der Waals surface area (Å²) in [5.74, 6) is 0.195. The van der Waals surface area contributed by atoms with Gasteiger partial charge in [0.2, 0.25) is 0 Å². The van der Waals surface area contributed by atoms with Crippen LogP contribution in [0.5, 0.6) is 0 Å². The van der Waals surface area contributed by atoms with Crippen molar-refractivity contribution in [3.63, 3.8) is 0 Å². The Balaban J connectivity index is 2.69. The van der Waals surface area contributed by atoms with Crippen molar-refractivity contribution in [3.8, 4) is 0 Å². The van der Waals surface area contributed by atoms with E-state index in [1.165, 1.54) is 11.8 Å². The molecule has 3 nitrogen and oxygen atoms in total. The van der Waals surface area contributed by atoms with E-state index in [1.54, 1.807) is 25.1 Å². The zero-order valence-electron chi connectivity index (χ0n) is 10.2. The third kappa shape index (κ3) is 4.35. The molecule has 100 valence electrons. The number of nitrogens with one attached hydrogen (secondary N) is 1. The van der Waals surface area contributed by atoms with Gasteiger partial charge < -0.3 is 10.4 Å². The number of aliphatic hydroxyl groups is 1. The van der Waals surface area contributed by atoms with Crippen molar-refractivity contribution < 1.29 is 9.90 Å². The third-order valence-electron chi connectivity index (χ3n) is 2.28. The number of amides is 1. The highest BCUT2D eigenvalue weighted by Crippen LogP contribution is 2.25. The van der Waals surface area contributed by atoms with Gasteiger partial charge in [0.05, 0.1) is 21.2 Å². The van der Waals surface area contributed by atoms with Gasteiger partial charge in [-0.3, -0.25) is 4.79 Å². The first-order valence-electron chi connectivity index (χ1n) is 5.31. The molecule has 1 aromatic carbocycles. The summed E-state index contributed by atoms with van der Waals surface area (Å²) in [6.07, 6.45) is 1.89. The second-order valence-electron chi connectivity index (χ2n) is 4.21. The highest BCUT2D eigenvalue weighted by atomic mass is 35.5. The topological polar surface area (TPSA) is 49.3 Å². The van der Waals surface area contributed by atoms with Crippen molar-refractivity contribution in [3.05, 3.63) is 33.8 Å². The van der Waals surface area contributed by atoms with Crippen LogP contribution in [0.25, 0.3) is 0 Å². The zero-order chi connectivity index (χ0) is 13.8. The molecule has 1 amide bonds. The summed E-state index contributed by atoms with van der Waals surface area (Å²) < 4.78 is 0. The number of carbonyl (C=O) groups is 1. The Hall–Kier alpha value is -0.420. The lowest BCUT2D eigenvalue weighted by Gasteiger charge is -2.22. The molecule has 1 aromatic rings. The molecule has 0 unspecified atom stereocenters. The Labute approximate surface area is 121 Å². The van der Waals surface area contributed by atoms with E-state index >= 15 is 0 Å². The number of carbonyl (C=O) groups excluding carboxylic acids is 1. The lowest BCUT2D eigenvalue weighted by Crippen LogP contribution is -2.42. The molecule has 0 aromatic heterocycles. The van der Waals surface area contributed by atoms with Gasteiger partial charge in [-0.05, 0) is 25.3 Å². The largest absolute Gasteiger partial charge is 0.387 e. The SMILES string of the molecule is CSC[C@](C)(O)CNC(=O)c1cccc(Cl)c1Cl. The smallest absolute Gasteiger partial charge is 0.252 e. The summed E-state index contributed by atoms with van der Waals surface area (Å²) in [6.45, 7) is 1.83. The fourth-order valence-corrected chi connectivity index (χ4v) is 2.52. The molecule has 0 radical (unpaired) electrons. The molecule has 1 atom stereocenters. The molecule has 2 N–H and O–H groups in total. The van der Waals surface area contributed by atoms with Crippen molar-refractivity contribution >= 4 is 40.9 Å². The molecule has 0 saturated heterocycles. The van der Waals surface area contributed by atoms with Gasteiger partial charge in [-0.2, -0.15) is 11.8 Å². The molecule has 0 heterocycles. The van der Waals surface area contributed by atoms with Crippen molar-refractivity contribution in [2.75, 3.05) is 18.6 Å². The maximum Gasteiger partial charge on any atom is 0.252 e. The molecule has 0 aliphatic rings. The van der Waals surface area contributed by atoms with Crippen molar-refractivity contribution in [2.24, 2.45) is 0 Å². The first-order valence-corrected chi connectivity index (χ1v) is 7.46. The summed E-state index contributed by atoms with van der Waals surface area (Å²) in [5, 5.41) is 13.1. The minimum atomic E-state index is -0.944. The number of hydrogen-bond acceptors (Lipinski definition) is 3. The number of rotatable bonds is 5. The lowest BCUT2D eigenvalue weighted by molar-refractivity contribution is 0.0725. The lowest BCUT2D eigenvalue weighted by atomic mass is 10.1. The predicted molar refractivity (Wildman–Crippen MR) is 77.8 cm³/mol. The molecular weight excluding hydrogens is 293 g/mol. The number of hydrogen-bond donors (Lipinski definition) is 2. The molecule has 0 aliphatic heterocycles. The summed E-state index contributed by atoms with van der Waals surface area (Å²) in [6, 6.07) is 4.86. The molecule has 0 saturated carbocycles. The van der Waals surface area contributed by atoms with Crippen LogP contribution in [0.3, 0.4) is 0 Å². The van der Waals surface area contributed by atoms with Gasteiger partial charge in [0.15, 0.2) is 0 Å². The van der Waals surface area contributed by atoms with Crippen LogP contribution in [0, 0.1) is 0 Å². The number of thioether (sulfide) groups is 1. The van der Waals surface area contributed by atoms with E-state index in [0.29, 0.717) is 16.3 Å². The van der Waals surface area contributed by atoms with Gasteiger partial charge in [0, 0.05) is 12.3 Å². The fraction of sp³-hybridized carbons (Fsp3) is 0.417. The van der Waals surface area contributed by atoms with Crippen LogP contribution < -0.4 is 5.32 Å². The average Bonchev–Trinajstić information content (AvgIpc) is 2.30. The summed E-state index contributed by atoms with van der Waals surface area (Å²) in [4.78, 5) is 11.9. The molecule has 0 bridgehead atoms. The molecule has 1 rings (SSSR count). The van der Waals surface area contributed by atoms with Gasteiger partial charge in [-0.25, -0.2) is 0 Å². The predicted octanol–water partition coefficient (Wildman–Crippen LogP) is 2.84. The molecule has 0 aliphatic carbocycles. The minimum absolute atomic E-state index is 0.162. The van der Waals surface area contributed by atoms with Crippen LogP contribution >= 0.6 is 35.0 Å². The van der Waals surface area contributed by atoms with Gasteiger partial charge in [0.1, 0.15) is 0 Å². The van der Waals surface area contributed by atoms with Gasteiger partial charge >= 0.3 is 0 Å². The Kier molecular flexibility index (Phi) is 5.79. The maximum absolute atomic E-state index is 11.9. The van der Waals surface area contributed by atoms with Crippen LogP contribution in [0.1, 0.15) is 17.3 Å². The van der Waals surface area contributed by atoms with Gasteiger partial charge in [-0.1, -0.05) is 29.3 Å². The van der Waals surface area contributed by atoms with Crippen molar-refractivity contribution in [2.45, 2.75) is 12.5 Å². The summed E-state index contributed by atoms with van der Waals surface area (Å²) >= 11 is 13.3. The molecule has 0 spiro atoms. The second kappa shape index (κ2) is 6.66. The highest BCUT2D eigenvalue weighted by Gasteiger charge is 2.21. The monoisotopic (exact) mass is 307 g/mol. The fourth-order valence-electron chi connectivity index (χ4n) is 1.41. The Bertz CT molecular complexity index is 438. The first-order chi connectivity index (χ1) is 8.37. The third-order valence-corrected chi connectivity index (χ3v) is 4.01. The van der Waals surface area contributed by atoms with Gasteiger partial charge in [0.25, 0.3) is 5.91 Å². The Morgan fingerprint density at radius 3 is 2.78 bits per heavy atom. The van der Waals surface area contributed by atoms with Gasteiger partial charge in [-0.15, -0.1) is 0 Å². The standard InChI is InChI=1S/C12H15Cl2NO2S/c1-12(17,7-18-2)6-15-11(16)8-4-3-5-9(13)10(8)14/h3-5,17H,6-7H2,1-2H3,(H,15,16)/t12-/m1/s1. The second-order valence-corrected chi connectivity index (χ2v) is 5.87. The molecular formula is C12H15Cl2NO2S. The Morgan fingerprint density at radius 1 is 1.50 bits per heavy atom. The minimum Gasteiger partial charge on any atom is -0.387 e. The highest BCUT2D eigenvalue weighted by molar-refractivity contribution is 7.98. The maximum atomic E-state index is 11.9. The van der Waals surface area contributed by atoms with E-state index in [2.05, 4.69) is 5.32 Å². The van der Waals surface area contributed by atoms with E-state index < -0.39 is 5.60 Å². The van der Waals surface area contributed by atoms with Crippen LogP contribution in [0.4, 0.5) is 0 Å². The van der Waals surface area contributed by atoms with Crippen LogP contribution in [-0.4, -0.2) is 35.2 Å². The van der Waals surface area contributed by atoms with Crippen LogP contribution in [0.15, 0.2) is 18.2 Å². The average molecular weight is 308 g/mol. The van der Waals surface area contributed by atoms with Crippen LogP contribution in [-0.2, 0) is 0 Å². The quantitative estimate of drug-likeness (QED) is 0.879. The molecule has 6 heteroatoms. The summed E-state index contributed by atoms with van der Waals surface area (Å²) in [7, 11) is 0. The number of halogens is 2. The molecule has 18 heavy (non-hydrogen) atoms. The van der Waals surface area contributed by atoms with E-state index in [0.717, 1.165) is 0 Å². The normalized spacial score (nSPS) is 14.1. The van der Waals surface area contributed by atoms with E-state index in [1.807, 2.05) is 6.26 Å². The Morgan fingerprint density at radius 2 is 2.17 bits per heavy atom. The van der Waals surface area contributed by atoms with Crippen LogP contribution in [0.2, 0.25) is 10.0 Å². The zero-order valence-corrected chi connectivity index (χ0v) is 12.5. The first kappa shape index (κ1) is 15.6. The van der Waals surface area contributed by atoms with E-state index in [9.17, 15) is 9.90 Å². The van der Waals surface area contributed by atoms with Crippen molar-refractivity contribution in [1.29, 1.82) is 0 Å². The van der Waals surface area contributed by atoms with E-state index in [-0.39, 0.29) is 17.5 Å².